The van der Waals surface area contributed by atoms with E-state index >= 15 is 0 Å². The third-order valence-electron chi connectivity index (χ3n) is 3.62. The van der Waals surface area contributed by atoms with E-state index in [4.69, 9.17) is 0 Å². The van der Waals surface area contributed by atoms with Crippen LogP contribution in [0.25, 0.3) is 0 Å². The summed E-state index contributed by atoms with van der Waals surface area (Å²) in [6, 6.07) is 0. The number of allylic oxidation sites excluding steroid dienone is 8. The normalized spacial score (nSPS) is 16.7. The van der Waals surface area contributed by atoms with E-state index < -0.39 is 22.9 Å². The van der Waals surface area contributed by atoms with Gasteiger partial charge in [-0.2, -0.15) is 0 Å². The van der Waals surface area contributed by atoms with E-state index in [0.29, 0.717) is 0 Å². The van der Waals surface area contributed by atoms with Crippen molar-refractivity contribution < 1.29 is 47.7 Å². The molecule has 0 radical (unpaired) electrons. The van der Waals surface area contributed by atoms with Crippen LogP contribution in [0, 0.1) is 11.8 Å². The molecule has 0 atom stereocenters. The summed E-state index contributed by atoms with van der Waals surface area (Å²) in [7, 11) is 0. The smallest absolute Gasteiger partial charge is 1.00 e. The van der Waals surface area contributed by atoms with Crippen molar-refractivity contribution in [2.24, 2.45) is 11.8 Å². The van der Waals surface area contributed by atoms with Gasteiger partial charge >= 0.3 is 130 Å². The Kier molecular flexibility index (Phi) is 10.4. The Morgan fingerprint density at radius 2 is 1.19 bits per heavy atom. The summed E-state index contributed by atoms with van der Waals surface area (Å²) in [4.78, 5) is 0. The molecule has 0 bridgehead atoms. The molecular weight excluding hydrogens is 466 g/mol. The third kappa shape index (κ3) is 6.59. The van der Waals surface area contributed by atoms with E-state index in [0.717, 1.165) is 11.8 Å². The first-order valence-corrected chi connectivity index (χ1v) is 11.2. The van der Waals surface area contributed by atoms with E-state index in [9.17, 15) is 0 Å². The number of hydrogen-bond donors (Lipinski definition) is 0. The van der Waals surface area contributed by atoms with E-state index in [1.165, 1.54) is 25.7 Å². The van der Waals surface area contributed by atoms with Gasteiger partial charge in [0.2, 0.25) is 0 Å². The van der Waals surface area contributed by atoms with Gasteiger partial charge in [0.1, 0.15) is 0 Å². The van der Waals surface area contributed by atoms with Crippen LogP contribution >= 0.6 is 0 Å². The van der Waals surface area contributed by atoms with Crippen molar-refractivity contribution in [3.05, 3.63) is 42.1 Å². The molecule has 0 unspecified atom stereocenters. The summed E-state index contributed by atoms with van der Waals surface area (Å²) >= 11 is -0.740. The summed E-state index contributed by atoms with van der Waals surface area (Å²) < 4.78 is 3.74. The fraction of sp³-hybridized carbons (Fsp3) is 0.556. The van der Waals surface area contributed by atoms with Crippen molar-refractivity contribution in [3.63, 3.8) is 0 Å². The summed E-state index contributed by atoms with van der Waals surface area (Å²) in [5.74, 6) is 1.59. The second-order valence-corrected chi connectivity index (χ2v) is 11.8. The Hall–Kier alpha value is 0.410. The van der Waals surface area contributed by atoms with Gasteiger partial charge < -0.3 is 24.8 Å². The largest absolute Gasteiger partial charge is 1.00 e. The van der Waals surface area contributed by atoms with Crippen LogP contribution in [0.15, 0.2) is 42.1 Å². The van der Waals surface area contributed by atoms with Gasteiger partial charge in [-0.25, -0.2) is 0 Å². The van der Waals surface area contributed by atoms with Gasteiger partial charge in [-0.1, -0.05) is 0 Å². The maximum atomic E-state index is 2.41. The molecule has 0 aromatic carbocycles. The minimum Gasteiger partial charge on any atom is -1.00 e. The predicted molar refractivity (Wildman–Crippen MR) is 80.5 cm³/mol. The average molecular weight is 492 g/mol. The molecule has 2 rings (SSSR count). The van der Waals surface area contributed by atoms with Crippen LogP contribution in [0.1, 0.15) is 53.4 Å². The molecule has 21 heavy (non-hydrogen) atoms. The monoisotopic (exact) mass is 492 g/mol. The number of halogens is 2. The van der Waals surface area contributed by atoms with Crippen LogP contribution in [-0.4, -0.2) is 0 Å². The Bertz CT molecular complexity index is 412. The summed E-state index contributed by atoms with van der Waals surface area (Å²) in [6.45, 7) is 9.35. The van der Waals surface area contributed by atoms with Gasteiger partial charge in [-0.3, -0.25) is 0 Å². The molecule has 2 aliphatic carbocycles. The van der Waals surface area contributed by atoms with Crippen LogP contribution in [-0.2, 0) is 22.9 Å². The zero-order chi connectivity index (χ0) is 13.8. The average Bonchev–Trinajstić information content (AvgIpc) is 2.89. The number of hydrogen-bond acceptors (Lipinski definition) is 0. The second kappa shape index (κ2) is 10.2. The van der Waals surface area contributed by atoms with Crippen molar-refractivity contribution in [1.82, 2.24) is 0 Å². The third-order valence-corrected chi connectivity index (χ3v) is 9.56. The van der Waals surface area contributed by atoms with E-state index in [1.54, 1.807) is 11.1 Å². The summed E-state index contributed by atoms with van der Waals surface area (Å²) in [5.41, 5.74) is 3.39. The van der Waals surface area contributed by atoms with Gasteiger partial charge in [0.25, 0.3) is 0 Å². The van der Waals surface area contributed by atoms with Gasteiger partial charge in [0, 0.05) is 0 Å². The first-order chi connectivity index (χ1) is 9.06. The van der Waals surface area contributed by atoms with Crippen LogP contribution in [0.5, 0.6) is 0 Å². The van der Waals surface area contributed by atoms with Crippen molar-refractivity contribution in [3.8, 4) is 0 Å². The van der Waals surface area contributed by atoms with Crippen LogP contribution in [0.3, 0.4) is 0 Å². The Morgan fingerprint density at radius 3 is 1.52 bits per heavy atom. The quantitative estimate of drug-likeness (QED) is 0.444. The number of rotatable bonds is 6. The van der Waals surface area contributed by atoms with Gasteiger partial charge in [-0.05, 0) is 0 Å². The molecule has 3 heteroatoms. The summed E-state index contributed by atoms with van der Waals surface area (Å²) in [6.07, 6.45) is 14.7. The van der Waals surface area contributed by atoms with Gasteiger partial charge in [0.15, 0.2) is 0 Å². The molecule has 0 N–H and O–H groups in total. The molecule has 0 spiro atoms. The molecule has 0 fully saturated rings. The van der Waals surface area contributed by atoms with E-state index in [-0.39, 0.29) is 24.8 Å². The molecule has 0 aromatic rings. The fourth-order valence-electron chi connectivity index (χ4n) is 2.81. The minimum absolute atomic E-state index is 0. The Balaban J connectivity index is 0.00000200. The van der Waals surface area contributed by atoms with Crippen molar-refractivity contribution in [2.75, 3.05) is 0 Å². The maximum Gasteiger partial charge on any atom is -1.00 e. The Labute approximate surface area is 154 Å². The second-order valence-electron chi connectivity index (χ2n) is 6.54. The van der Waals surface area contributed by atoms with E-state index in [2.05, 4.69) is 52.0 Å². The molecule has 0 saturated carbocycles. The standard InChI is InChI=1S/2C9H13.2ClH.Hf/c2*1-8(2)7-9-5-3-4-6-9;;;/h2*3,5,8H,4,7H2,1-2H3;2*1H;/q;;;;+2/p-2. The molecule has 0 saturated heterocycles. The molecular formula is C18H26Cl2Hf. The maximum absolute atomic E-state index is 2.41. The SMILES string of the molecule is CC(C)CC1=[C]([Hf+2][C]2=C(CC(C)C)C=CC2)CC=C1.[Cl-].[Cl-]. The van der Waals surface area contributed by atoms with Crippen LogP contribution < -0.4 is 24.8 Å². The van der Waals surface area contributed by atoms with Crippen molar-refractivity contribution in [1.29, 1.82) is 0 Å². The molecule has 0 nitrogen and oxygen atoms in total. The first kappa shape index (κ1) is 21.4. The molecule has 0 aliphatic heterocycles. The molecule has 0 heterocycles. The summed E-state index contributed by atoms with van der Waals surface area (Å²) in [5, 5.41) is 0. The van der Waals surface area contributed by atoms with Gasteiger partial charge in [0.05, 0.1) is 0 Å². The van der Waals surface area contributed by atoms with Crippen molar-refractivity contribution >= 4 is 0 Å². The first-order valence-electron chi connectivity index (χ1n) is 7.60. The molecule has 116 valence electrons. The topological polar surface area (TPSA) is 0 Å². The fourth-order valence-corrected chi connectivity index (χ4v) is 8.18. The predicted octanol–water partition coefficient (Wildman–Crippen LogP) is -0.403. The Morgan fingerprint density at radius 1 is 0.810 bits per heavy atom. The van der Waals surface area contributed by atoms with Crippen LogP contribution in [0.4, 0.5) is 0 Å². The molecule has 0 aromatic heterocycles. The molecule has 0 amide bonds. The zero-order valence-corrected chi connectivity index (χ0v) is 18.7. The minimum atomic E-state index is -0.740. The van der Waals surface area contributed by atoms with E-state index in [1.807, 2.05) is 6.66 Å². The molecule has 2 aliphatic rings. The zero-order valence-electron chi connectivity index (χ0n) is 13.5. The van der Waals surface area contributed by atoms with Crippen LogP contribution in [0.2, 0.25) is 0 Å². The van der Waals surface area contributed by atoms with Gasteiger partial charge in [-0.15, -0.1) is 0 Å². The van der Waals surface area contributed by atoms with Crippen molar-refractivity contribution in [2.45, 2.75) is 53.4 Å².